The number of aliphatic hydroxyl groups is 5. The number of benzene rings is 1. The van der Waals surface area contributed by atoms with E-state index in [9.17, 15) is 54.6 Å². The van der Waals surface area contributed by atoms with Crippen LogP contribution in [0, 0.1) is 24.7 Å². The number of nitrogens with one attached hydrogen (secondary N) is 1. The lowest BCUT2D eigenvalue weighted by Gasteiger charge is -2.41. The van der Waals surface area contributed by atoms with Crippen molar-refractivity contribution in [3.8, 4) is 11.5 Å². The van der Waals surface area contributed by atoms with E-state index in [1.54, 1.807) is 0 Å². The van der Waals surface area contributed by atoms with E-state index >= 15 is 0 Å². The smallest absolute Gasteiger partial charge is 0.313 e. The van der Waals surface area contributed by atoms with Crippen molar-refractivity contribution in [3.63, 3.8) is 0 Å². The van der Waals surface area contributed by atoms with Crippen molar-refractivity contribution in [2.24, 2.45) is 17.8 Å². The summed E-state index contributed by atoms with van der Waals surface area (Å²) in [6.45, 7) is 12.6. The van der Waals surface area contributed by atoms with Crippen LogP contribution >= 0.6 is 0 Å². The second-order valence-corrected chi connectivity index (χ2v) is 15.6. The van der Waals surface area contributed by atoms with E-state index in [2.05, 4.69) is 5.32 Å². The predicted octanol–water partition coefficient (Wildman–Crippen LogP) is 2.79. The molecule has 0 unspecified atom stereocenters. The highest BCUT2D eigenvalue weighted by molar-refractivity contribution is 6.21. The molecule has 0 fully saturated rings. The average Bonchev–Trinajstić information content (AvgIpc) is 3.16. The molecule has 1 aromatic rings. The SMILES string of the molecule is COC(=O)[C@H]1[C@H](O)[C@H](C)[C@@H](O)[C@](C)(O)/C=C(/C)C2=C3C(=C(C)C(=O)c4c(O)c(c(C)c(OC(C)=O)c43)NC(=O)/C(C)=C/C=C\[C@](C)(O)[C@@H](OC(C)=O)[C@@H](C)[C@H]1O)OCO2. The summed E-state index contributed by atoms with van der Waals surface area (Å²) in [5.41, 5.74) is -4.97. The number of fused-ring (bicyclic) bond motifs is 14. The lowest BCUT2D eigenvalue weighted by atomic mass is 9.74. The van der Waals surface area contributed by atoms with Gasteiger partial charge >= 0.3 is 17.9 Å². The van der Waals surface area contributed by atoms with Gasteiger partial charge in [-0.25, -0.2) is 0 Å². The maximum Gasteiger partial charge on any atom is 0.313 e. The van der Waals surface area contributed by atoms with Gasteiger partial charge in [-0.2, -0.15) is 0 Å². The van der Waals surface area contributed by atoms with Crippen LogP contribution in [0.25, 0.3) is 5.57 Å². The van der Waals surface area contributed by atoms with Crippen molar-refractivity contribution in [2.75, 3.05) is 19.2 Å². The summed E-state index contributed by atoms with van der Waals surface area (Å²) in [6.07, 6.45) is -2.43. The normalized spacial score (nSPS) is 33.0. The van der Waals surface area contributed by atoms with Gasteiger partial charge in [0.1, 0.15) is 40.5 Å². The highest BCUT2D eigenvalue weighted by atomic mass is 16.7. The zero-order valence-electron chi connectivity index (χ0n) is 34.8. The van der Waals surface area contributed by atoms with Crippen LogP contribution in [-0.4, -0.2) is 110 Å². The number of rotatable bonds is 3. The number of aromatic hydroxyl groups is 1. The lowest BCUT2D eigenvalue weighted by Crippen LogP contribution is -2.55. The molecule has 1 aliphatic carbocycles. The fraction of sp³-hybridized carbons (Fsp3) is 0.500. The minimum atomic E-state index is -2.25. The van der Waals surface area contributed by atoms with Gasteiger partial charge in [0.25, 0.3) is 5.91 Å². The van der Waals surface area contributed by atoms with Crippen LogP contribution in [0.15, 0.2) is 52.5 Å². The van der Waals surface area contributed by atoms with Crippen molar-refractivity contribution < 1.29 is 78.3 Å². The fourth-order valence-corrected chi connectivity index (χ4v) is 7.70. The second-order valence-electron chi connectivity index (χ2n) is 15.6. The number of hydrogen-bond donors (Lipinski definition) is 7. The van der Waals surface area contributed by atoms with E-state index in [1.165, 1.54) is 73.6 Å². The number of Topliss-reactive ketones (excluding diaryl/α,β-unsaturated/α-hetero) is 1. The molecule has 1 amide bonds. The molecule has 3 aliphatic heterocycles. The first-order chi connectivity index (χ1) is 27.3. The molecule has 4 aliphatic rings. The Kier molecular flexibility index (Phi) is 13.7. The Balaban J connectivity index is 2.10. The van der Waals surface area contributed by atoms with Crippen LogP contribution in [0.1, 0.15) is 83.8 Å². The maximum absolute atomic E-state index is 14.0. The average molecular weight is 828 g/mol. The number of anilines is 1. The van der Waals surface area contributed by atoms with Gasteiger partial charge in [-0.05, 0) is 59.3 Å². The Bertz CT molecular complexity index is 2090. The molecule has 3 heterocycles. The topological polar surface area (TPSA) is 265 Å². The third kappa shape index (κ3) is 8.99. The third-order valence-electron chi connectivity index (χ3n) is 10.9. The quantitative estimate of drug-likeness (QED) is 0.131. The zero-order chi connectivity index (χ0) is 44.6. The molecule has 0 saturated heterocycles. The minimum Gasteiger partial charge on any atom is -0.505 e. The van der Waals surface area contributed by atoms with Crippen LogP contribution < -0.4 is 10.1 Å². The number of allylic oxidation sites excluding steroid dienone is 5. The van der Waals surface area contributed by atoms with Gasteiger partial charge in [-0.15, -0.1) is 0 Å². The molecule has 0 spiro atoms. The summed E-state index contributed by atoms with van der Waals surface area (Å²) in [7, 11) is 1.01. The van der Waals surface area contributed by atoms with E-state index in [0.717, 1.165) is 27.0 Å². The van der Waals surface area contributed by atoms with Crippen molar-refractivity contribution in [3.05, 3.63) is 69.2 Å². The van der Waals surface area contributed by atoms with Crippen molar-refractivity contribution in [2.45, 2.75) is 105 Å². The number of phenols is 1. The van der Waals surface area contributed by atoms with E-state index in [1.807, 2.05) is 0 Å². The van der Waals surface area contributed by atoms with Gasteiger partial charge in [0, 0.05) is 48.0 Å². The van der Waals surface area contributed by atoms with E-state index in [0.29, 0.717) is 0 Å². The molecule has 0 radical (unpaired) electrons. The number of esters is 3. The highest BCUT2D eigenvalue weighted by Gasteiger charge is 2.49. The molecule has 0 saturated carbocycles. The summed E-state index contributed by atoms with van der Waals surface area (Å²) in [5.74, 6) is -9.88. The van der Waals surface area contributed by atoms with Crippen LogP contribution in [0.2, 0.25) is 0 Å². The largest absolute Gasteiger partial charge is 0.505 e. The second kappa shape index (κ2) is 17.5. The summed E-state index contributed by atoms with van der Waals surface area (Å²) >= 11 is 0. The monoisotopic (exact) mass is 827 g/mol. The van der Waals surface area contributed by atoms with Crippen LogP contribution in [0.3, 0.4) is 0 Å². The van der Waals surface area contributed by atoms with E-state index in [4.69, 9.17) is 23.7 Å². The Morgan fingerprint density at radius 3 is 2.03 bits per heavy atom. The number of phenolic OH excluding ortho intramolecular Hbond substituents is 1. The molecule has 1 aromatic carbocycles. The number of aliphatic hydroxyl groups excluding tert-OH is 3. The van der Waals surface area contributed by atoms with Crippen LogP contribution in [0.4, 0.5) is 5.69 Å². The van der Waals surface area contributed by atoms with Gasteiger partial charge in [-0.3, -0.25) is 24.0 Å². The third-order valence-corrected chi connectivity index (χ3v) is 10.9. The van der Waals surface area contributed by atoms with Gasteiger partial charge in [0.2, 0.25) is 6.79 Å². The molecule has 4 bridgehead atoms. The minimum absolute atomic E-state index is 0.00215. The molecule has 17 heteroatoms. The Hall–Kier alpha value is -5.33. The molecule has 322 valence electrons. The predicted molar refractivity (Wildman–Crippen MR) is 209 cm³/mol. The summed E-state index contributed by atoms with van der Waals surface area (Å²) in [6, 6.07) is 0. The molecule has 59 heavy (non-hydrogen) atoms. The molecular weight excluding hydrogens is 774 g/mol. The maximum atomic E-state index is 14.0. The number of hydrogen-bond acceptors (Lipinski definition) is 16. The number of ketones is 1. The van der Waals surface area contributed by atoms with Crippen molar-refractivity contribution in [1.29, 1.82) is 0 Å². The molecule has 7 N–H and O–H groups in total. The molecule has 9 atom stereocenters. The van der Waals surface area contributed by atoms with E-state index in [-0.39, 0.29) is 61.9 Å². The Morgan fingerprint density at radius 2 is 1.46 bits per heavy atom. The van der Waals surface area contributed by atoms with Gasteiger partial charge < -0.3 is 59.6 Å². The number of methoxy groups -OCH3 is 1. The molecule has 0 aromatic heterocycles. The Labute approximate surface area is 341 Å². The summed E-state index contributed by atoms with van der Waals surface area (Å²) in [5, 5.41) is 72.8. The Morgan fingerprint density at radius 1 is 0.864 bits per heavy atom. The standard InChI is InChI=1S/C42H53NO16/c1-17-13-12-14-41(9,53)38(59-24(8)45)22(6)32(48)28(40(52)55-11)31(47)21(5)37(50)42(10,54)15-18(2)34-27-25-26(30(46)20(4)35(27)57-16-56-34)33(49)29(43-39(17)51)19(3)36(25)58-23(7)44/h12-15,21-22,28,31-32,37-38,47-50,53-54H,16H2,1-11H3,(H,43,51)/b14-12-,17-13+,18-15-/t21-,22-,28-,31+,32+,37+,38-,41-,42+/m0/s1. The first-order valence-electron chi connectivity index (χ1n) is 18.8. The zero-order valence-corrected chi connectivity index (χ0v) is 34.8. The van der Waals surface area contributed by atoms with Gasteiger partial charge in [-0.1, -0.05) is 26.0 Å². The van der Waals surface area contributed by atoms with Crippen LogP contribution in [-0.2, 0) is 38.1 Å². The van der Waals surface area contributed by atoms with Crippen molar-refractivity contribution >= 4 is 40.9 Å². The molecule has 5 rings (SSSR count). The number of ether oxygens (including phenoxy) is 5. The van der Waals surface area contributed by atoms with Crippen molar-refractivity contribution in [1.82, 2.24) is 0 Å². The van der Waals surface area contributed by atoms with Gasteiger partial charge in [0.05, 0.1) is 42.2 Å². The first kappa shape index (κ1) is 46.4. The summed E-state index contributed by atoms with van der Waals surface area (Å²) < 4.78 is 27.8. The number of carbonyl (C=O) groups is 5. The highest BCUT2D eigenvalue weighted by Crippen LogP contribution is 2.53. The first-order valence-corrected chi connectivity index (χ1v) is 18.8. The fourth-order valence-electron chi connectivity index (χ4n) is 7.70. The molecule has 17 nitrogen and oxygen atoms in total. The van der Waals surface area contributed by atoms with Gasteiger partial charge in [0.15, 0.2) is 11.5 Å². The van der Waals surface area contributed by atoms with E-state index < -0.39 is 95.5 Å². The van der Waals surface area contributed by atoms with Crippen LogP contribution in [0.5, 0.6) is 11.5 Å². The summed E-state index contributed by atoms with van der Waals surface area (Å²) in [4.78, 5) is 65.8. The lowest BCUT2D eigenvalue weighted by molar-refractivity contribution is -0.180. The molecular formula is C42H53NO16. The number of amides is 1. The number of carbonyl (C=O) groups excluding carboxylic acids is 5.